The number of sulfonamides is 1. The standard InChI is InChI=1S/C21H25ClN2O5S/c1-13-5-7-17(12-18(13)22)24(30(4,26)27)15(3)21(25)23-14(2)16-6-8-19-20(11-16)29-10-9-28-19/h5-8,11-12,14-15H,9-10H2,1-4H3,(H,23,25)/t14-,15+/m0/s1. The maximum atomic E-state index is 12.9. The van der Waals surface area contributed by atoms with Crippen LogP contribution in [0.1, 0.15) is 31.0 Å². The first-order valence-electron chi connectivity index (χ1n) is 9.53. The van der Waals surface area contributed by atoms with E-state index in [0.717, 1.165) is 21.7 Å². The molecule has 1 aliphatic rings. The second-order valence-corrected chi connectivity index (χ2v) is 9.57. The number of nitrogens with one attached hydrogen (secondary N) is 1. The van der Waals surface area contributed by atoms with Crippen LogP contribution >= 0.6 is 11.6 Å². The number of carbonyl (C=O) groups excluding carboxylic acids is 1. The van der Waals surface area contributed by atoms with Gasteiger partial charge in [-0.1, -0.05) is 23.7 Å². The van der Waals surface area contributed by atoms with Gasteiger partial charge in [0.15, 0.2) is 11.5 Å². The molecule has 9 heteroatoms. The topological polar surface area (TPSA) is 84.9 Å². The van der Waals surface area contributed by atoms with Gasteiger partial charge in [0, 0.05) is 5.02 Å². The fourth-order valence-electron chi connectivity index (χ4n) is 3.27. The van der Waals surface area contributed by atoms with Crippen LogP contribution in [-0.4, -0.2) is 39.8 Å². The number of amides is 1. The van der Waals surface area contributed by atoms with Gasteiger partial charge in [-0.05, 0) is 56.2 Å². The summed E-state index contributed by atoms with van der Waals surface area (Å²) in [6.07, 6.45) is 1.06. The lowest BCUT2D eigenvalue weighted by molar-refractivity contribution is -0.122. The molecule has 7 nitrogen and oxygen atoms in total. The molecule has 0 saturated heterocycles. The fourth-order valence-corrected chi connectivity index (χ4v) is 4.62. The average Bonchev–Trinajstić information content (AvgIpc) is 2.69. The summed E-state index contributed by atoms with van der Waals surface area (Å²) < 4.78 is 37.1. The van der Waals surface area contributed by atoms with Gasteiger partial charge in [0.2, 0.25) is 15.9 Å². The van der Waals surface area contributed by atoms with Gasteiger partial charge < -0.3 is 14.8 Å². The van der Waals surface area contributed by atoms with Gasteiger partial charge in [0.05, 0.1) is 18.0 Å². The van der Waals surface area contributed by atoms with Gasteiger partial charge in [-0.25, -0.2) is 8.42 Å². The van der Waals surface area contributed by atoms with Crippen LogP contribution in [-0.2, 0) is 14.8 Å². The van der Waals surface area contributed by atoms with Gasteiger partial charge in [-0.2, -0.15) is 0 Å². The van der Waals surface area contributed by atoms with Crippen LogP contribution in [0.25, 0.3) is 0 Å². The van der Waals surface area contributed by atoms with E-state index in [1.165, 1.54) is 0 Å². The second-order valence-electron chi connectivity index (χ2n) is 7.30. The summed E-state index contributed by atoms with van der Waals surface area (Å²) in [6.45, 7) is 6.16. The van der Waals surface area contributed by atoms with Crippen LogP contribution in [0.5, 0.6) is 11.5 Å². The van der Waals surface area contributed by atoms with Gasteiger partial charge in [0.1, 0.15) is 19.3 Å². The van der Waals surface area contributed by atoms with Crippen molar-refractivity contribution in [3.8, 4) is 11.5 Å². The monoisotopic (exact) mass is 452 g/mol. The van der Waals surface area contributed by atoms with Crippen LogP contribution in [0.2, 0.25) is 5.02 Å². The maximum absolute atomic E-state index is 12.9. The molecule has 0 radical (unpaired) electrons. The maximum Gasteiger partial charge on any atom is 0.244 e. The fraction of sp³-hybridized carbons (Fsp3) is 0.381. The first-order valence-corrected chi connectivity index (χ1v) is 11.8. The van der Waals surface area contributed by atoms with Gasteiger partial charge in [0.25, 0.3) is 0 Å². The van der Waals surface area contributed by atoms with E-state index >= 15 is 0 Å². The molecular formula is C21H25ClN2O5S. The molecule has 162 valence electrons. The predicted octanol–water partition coefficient (Wildman–Crippen LogP) is 3.45. The van der Waals surface area contributed by atoms with Crippen molar-refractivity contribution in [3.05, 3.63) is 52.5 Å². The summed E-state index contributed by atoms with van der Waals surface area (Å²) in [5.41, 5.74) is 1.98. The van der Waals surface area contributed by atoms with E-state index in [1.807, 2.05) is 26.0 Å². The minimum Gasteiger partial charge on any atom is -0.486 e. The minimum absolute atomic E-state index is 0.336. The van der Waals surface area contributed by atoms with E-state index in [-0.39, 0.29) is 6.04 Å². The average molecular weight is 453 g/mol. The highest BCUT2D eigenvalue weighted by molar-refractivity contribution is 7.92. The normalized spacial score (nSPS) is 15.2. The largest absolute Gasteiger partial charge is 0.486 e. The van der Waals surface area contributed by atoms with E-state index in [1.54, 1.807) is 31.2 Å². The van der Waals surface area contributed by atoms with Crippen LogP contribution in [0, 0.1) is 6.92 Å². The van der Waals surface area contributed by atoms with Gasteiger partial charge in [-0.15, -0.1) is 0 Å². The SMILES string of the molecule is Cc1ccc(N([C@H](C)C(=O)N[C@@H](C)c2ccc3c(c2)OCCO3)S(C)(=O)=O)cc1Cl. The van der Waals surface area contributed by atoms with Crippen molar-refractivity contribution in [1.29, 1.82) is 0 Å². The van der Waals surface area contributed by atoms with Gasteiger partial charge in [-0.3, -0.25) is 9.10 Å². The Kier molecular flexibility index (Phi) is 6.47. The number of aryl methyl sites for hydroxylation is 1. The van der Waals surface area contributed by atoms with Crippen molar-refractivity contribution < 1.29 is 22.7 Å². The molecule has 2 atom stereocenters. The number of benzene rings is 2. The Morgan fingerprint density at radius 3 is 2.40 bits per heavy atom. The lowest BCUT2D eigenvalue weighted by Crippen LogP contribution is -2.48. The molecule has 2 aromatic carbocycles. The van der Waals surface area contributed by atoms with Crippen molar-refractivity contribution in [2.75, 3.05) is 23.8 Å². The number of halogens is 1. The molecule has 1 N–H and O–H groups in total. The van der Waals surface area contributed by atoms with Crippen molar-refractivity contribution in [2.45, 2.75) is 32.9 Å². The van der Waals surface area contributed by atoms with Crippen LogP contribution in [0.4, 0.5) is 5.69 Å². The number of nitrogens with zero attached hydrogens (tertiary/aromatic N) is 1. The zero-order chi connectivity index (χ0) is 22.1. The quantitative estimate of drug-likeness (QED) is 0.725. The third-order valence-corrected chi connectivity index (χ3v) is 6.57. The first kappa shape index (κ1) is 22.2. The molecule has 0 spiro atoms. The molecule has 0 aliphatic carbocycles. The Labute approximate surface area is 182 Å². The number of ether oxygens (including phenoxy) is 2. The summed E-state index contributed by atoms with van der Waals surface area (Å²) >= 11 is 6.17. The van der Waals surface area contributed by atoms with Crippen molar-refractivity contribution in [3.63, 3.8) is 0 Å². The predicted molar refractivity (Wildman–Crippen MR) is 117 cm³/mol. The third-order valence-electron chi connectivity index (χ3n) is 4.92. The molecule has 0 bridgehead atoms. The van der Waals surface area contributed by atoms with Crippen LogP contribution < -0.4 is 19.1 Å². The molecule has 30 heavy (non-hydrogen) atoms. The van der Waals surface area contributed by atoms with E-state index < -0.39 is 22.0 Å². The Morgan fingerprint density at radius 1 is 1.10 bits per heavy atom. The molecule has 1 heterocycles. The summed E-state index contributed by atoms with van der Waals surface area (Å²) in [7, 11) is -3.73. The third kappa shape index (κ3) is 4.82. The molecule has 1 amide bonds. The lowest BCUT2D eigenvalue weighted by atomic mass is 10.1. The molecule has 0 fully saturated rings. The first-order chi connectivity index (χ1) is 14.1. The molecule has 0 unspecified atom stereocenters. The van der Waals surface area contributed by atoms with Crippen molar-refractivity contribution in [2.24, 2.45) is 0 Å². The van der Waals surface area contributed by atoms with Crippen molar-refractivity contribution >= 4 is 33.2 Å². The highest BCUT2D eigenvalue weighted by Crippen LogP contribution is 2.33. The number of hydrogen-bond donors (Lipinski definition) is 1. The number of anilines is 1. The summed E-state index contributed by atoms with van der Waals surface area (Å²) in [6, 6.07) is 9.03. The molecule has 2 aromatic rings. The minimum atomic E-state index is -3.73. The number of fused-ring (bicyclic) bond motifs is 1. The molecule has 1 aliphatic heterocycles. The smallest absolute Gasteiger partial charge is 0.244 e. The highest BCUT2D eigenvalue weighted by atomic mass is 35.5. The zero-order valence-electron chi connectivity index (χ0n) is 17.3. The number of hydrogen-bond acceptors (Lipinski definition) is 5. The van der Waals surface area contributed by atoms with E-state index in [9.17, 15) is 13.2 Å². The van der Waals surface area contributed by atoms with Crippen LogP contribution in [0.15, 0.2) is 36.4 Å². The molecule has 0 aromatic heterocycles. The number of carbonyl (C=O) groups is 1. The summed E-state index contributed by atoms with van der Waals surface area (Å²) in [4.78, 5) is 12.9. The Morgan fingerprint density at radius 2 is 1.77 bits per heavy atom. The van der Waals surface area contributed by atoms with Crippen molar-refractivity contribution in [1.82, 2.24) is 5.32 Å². The Bertz CT molecular complexity index is 1060. The summed E-state index contributed by atoms with van der Waals surface area (Å²) in [5, 5.41) is 3.31. The highest BCUT2D eigenvalue weighted by Gasteiger charge is 2.30. The lowest BCUT2D eigenvalue weighted by Gasteiger charge is -2.29. The second kappa shape index (κ2) is 8.73. The Balaban J connectivity index is 1.80. The molecule has 3 rings (SSSR count). The number of rotatable bonds is 6. The van der Waals surface area contributed by atoms with E-state index in [4.69, 9.17) is 21.1 Å². The zero-order valence-corrected chi connectivity index (χ0v) is 18.9. The van der Waals surface area contributed by atoms with Gasteiger partial charge >= 0.3 is 0 Å². The summed E-state index contributed by atoms with van der Waals surface area (Å²) in [5.74, 6) is 0.857. The molecule has 0 saturated carbocycles. The Hall–Kier alpha value is -2.45. The van der Waals surface area contributed by atoms with E-state index in [2.05, 4.69) is 5.32 Å². The van der Waals surface area contributed by atoms with E-state index in [0.29, 0.717) is 35.4 Å². The van der Waals surface area contributed by atoms with Crippen LogP contribution in [0.3, 0.4) is 0 Å². The molecular weight excluding hydrogens is 428 g/mol.